The minimum Gasteiger partial charge on any atom is -0.392 e. The lowest BCUT2D eigenvalue weighted by Gasteiger charge is -2.66. The van der Waals surface area contributed by atoms with Crippen molar-refractivity contribution in [3.05, 3.63) is 0 Å². The van der Waals surface area contributed by atoms with Crippen molar-refractivity contribution in [3.63, 3.8) is 0 Å². The lowest BCUT2D eigenvalue weighted by Crippen LogP contribution is -2.76. The molecule has 86 valence electrons. The summed E-state index contributed by atoms with van der Waals surface area (Å²) in [5, 5.41) is 10.6. The molecule has 0 spiro atoms. The average Bonchev–Trinajstić information content (AvgIpc) is 2.13. The number of rotatable bonds is 2. The summed E-state index contributed by atoms with van der Waals surface area (Å²) in [5.74, 6) is 0. The molecule has 4 aliphatic heterocycles. The zero-order valence-corrected chi connectivity index (χ0v) is 9.87. The summed E-state index contributed by atoms with van der Waals surface area (Å²) in [4.78, 5) is 5.07. The maximum absolute atomic E-state index is 10.6. The van der Waals surface area contributed by atoms with Crippen LogP contribution in [-0.2, 0) is 0 Å². The van der Waals surface area contributed by atoms with Crippen molar-refractivity contribution in [1.82, 2.24) is 9.80 Å². The highest BCUT2D eigenvalue weighted by Crippen LogP contribution is 2.50. The second kappa shape index (κ2) is 2.96. The molecule has 3 unspecified atom stereocenters. The van der Waals surface area contributed by atoms with Gasteiger partial charge in [-0.25, -0.2) is 0 Å². The minimum absolute atomic E-state index is 0.0854. The summed E-state index contributed by atoms with van der Waals surface area (Å²) < 4.78 is 0. The molecule has 1 N–H and O–H groups in total. The smallest absolute Gasteiger partial charge is 0.0699 e. The summed E-state index contributed by atoms with van der Waals surface area (Å²) in [7, 11) is 0. The number of piperidine rings is 2. The highest BCUT2D eigenvalue weighted by Gasteiger charge is 2.60. The molecule has 3 atom stereocenters. The fourth-order valence-corrected chi connectivity index (χ4v) is 4.48. The number of nitrogens with zero attached hydrogens (tertiary/aromatic N) is 2. The predicted octanol–water partition coefficient (Wildman–Crippen LogP) is 0.742. The predicted molar refractivity (Wildman–Crippen MR) is 59.5 cm³/mol. The Morgan fingerprint density at radius 3 is 2.33 bits per heavy atom. The van der Waals surface area contributed by atoms with Crippen LogP contribution in [0.2, 0.25) is 0 Å². The molecule has 4 bridgehead atoms. The maximum atomic E-state index is 10.6. The third-order valence-corrected chi connectivity index (χ3v) is 4.63. The Labute approximate surface area is 92.1 Å². The van der Waals surface area contributed by atoms with Gasteiger partial charge in [-0.05, 0) is 6.42 Å². The number of aliphatic hydroxyl groups is 1. The maximum Gasteiger partial charge on any atom is 0.0699 e. The van der Waals surface area contributed by atoms with Gasteiger partial charge in [0.1, 0.15) is 0 Å². The van der Waals surface area contributed by atoms with Gasteiger partial charge < -0.3 is 5.11 Å². The van der Waals surface area contributed by atoms with Crippen molar-refractivity contribution < 1.29 is 5.11 Å². The van der Waals surface area contributed by atoms with Gasteiger partial charge in [-0.1, -0.05) is 20.3 Å². The largest absolute Gasteiger partial charge is 0.392 e. The normalized spacial score (nSPS) is 57.4. The van der Waals surface area contributed by atoms with Gasteiger partial charge >= 0.3 is 0 Å². The van der Waals surface area contributed by atoms with E-state index in [1.54, 1.807) is 0 Å². The molecular weight excluding hydrogens is 188 g/mol. The Morgan fingerprint density at radius 1 is 1.20 bits per heavy atom. The molecule has 0 aromatic carbocycles. The first-order chi connectivity index (χ1) is 7.08. The molecule has 0 aromatic heterocycles. The van der Waals surface area contributed by atoms with E-state index in [0.29, 0.717) is 0 Å². The van der Waals surface area contributed by atoms with Crippen LogP contribution in [0.25, 0.3) is 0 Å². The highest BCUT2D eigenvalue weighted by atomic mass is 16.3. The second-order valence-electron chi connectivity index (χ2n) is 6.28. The monoisotopic (exact) mass is 210 g/mol. The molecule has 4 rings (SSSR count). The molecular formula is C12H22N2O. The zero-order valence-electron chi connectivity index (χ0n) is 9.87. The lowest BCUT2D eigenvalue weighted by molar-refractivity contribution is -0.233. The standard InChI is InChI=1S/C12H22N2O/c1-3-4-12-7-13-5-11(2,10(12)15)6-14(8-12)9-13/h10,15H,3-9H2,1-2H3. The van der Waals surface area contributed by atoms with E-state index in [9.17, 15) is 5.11 Å². The zero-order chi connectivity index (χ0) is 10.7. The Hall–Kier alpha value is -0.120. The number of hydrogen-bond donors (Lipinski definition) is 1. The van der Waals surface area contributed by atoms with Gasteiger partial charge in [0.05, 0.1) is 12.8 Å². The van der Waals surface area contributed by atoms with Crippen molar-refractivity contribution in [3.8, 4) is 0 Å². The first-order valence-electron chi connectivity index (χ1n) is 6.21. The molecule has 4 aliphatic rings. The lowest BCUT2D eigenvalue weighted by atomic mass is 9.59. The van der Waals surface area contributed by atoms with Gasteiger partial charge in [0, 0.05) is 37.0 Å². The first-order valence-corrected chi connectivity index (χ1v) is 6.21. The Bertz CT molecular complexity index is 265. The second-order valence-corrected chi connectivity index (χ2v) is 6.28. The molecule has 4 fully saturated rings. The van der Waals surface area contributed by atoms with Crippen LogP contribution in [0, 0.1) is 10.8 Å². The molecule has 0 saturated carbocycles. The van der Waals surface area contributed by atoms with Gasteiger partial charge in [0.15, 0.2) is 0 Å². The Balaban J connectivity index is 1.96. The average molecular weight is 210 g/mol. The minimum atomic E-state index is -0.0854. The van der Waals surface area contributed by atoms with E-state index in [1.165, 1.54) is 12.8 Å². The third-order valence-electron chi connectivity index (χ3n) is 4.63. The summed E-state index contributed by atoms with van der Waals surface area (Å²) >= 11 is 0. The van der Waals surface area contributed by atoms with E-state index >= 15 is 0 Å². The SMILES string of the molecule is CCCC12CN3CN(CC(C)(C3)C1O)C2. The topological polar surface area (TPSA) is 26.7 Å². The summed E-state index contributed by atoms with van der Waals surface area (Å²) in [5.41, 5.74) is 0.308. The molecule has 15 heavy (non-hydrogen) atoms. The molecule has 4 heterocycles. The van der Waals surface area contributed by atoms with Gasteiger partial charge in [0.2, 0.25) is 0 Å². The quantitative estimate of drug-likeness (QED) is 0.728. The van der Waals surface area contributed by atoms with Gasteiger partial charge in [-0.2, -0.15) is 0 Å². The summed E-state index contributed by atoms with van der Waals surface area (Å²) in [6.45, 7) is 10.1. The molecule has 3 heteroatoms. The van der Waals surface area contributed by atoms with Crippen molar-refractivity contribution in [1.29, 1.82) is 0 Å². The van der Waals surface area contributed by atoms with Crippen LogP contribution in [-0.4, -0.2) is 53.9 Å². The number of hydrogen-bond acceptors (Lipinski definition) is 3. The summed E-state index contributed by atoms with van der Waals surface area (Å²) in [6.07, 6.45) is 2.28. The van der Waals surface area contributed by atoms with E-state index in [-0.39, 0.29) is 16.9 Å². The molecule has 4 saturated heterocycles. The van der Waals surface area contributed by atoms with Crippen molar-refractivity contribution >= 4 is 0 Å². The van der Waals surface area contributed by atoms with Gasteiger partial charge in [0.25, 0.3) is 0 Å². The van der Waals surface area contributed by atoms with Crippen LogP contribution in [0.15, 0.2) is 0 Å². The van der Waals surface area contributed by atoms with Gasteiger partial charge in [-0.15, -0.1) is 0 Å². The van der Waals surface area contributed by atoms with Crippen LogP contribution in [0.5, 0.6) is 0 Å². The highest BCUT2D eigenvalue weighted by molar-refractivity contribution is 5.11. The number of aliphatic hydroxyl groups excluding tert-OH is 1. The molecule has 0 amide bonds. The third kappa shape index (κ3) is 1.23. The molecule has 3 nitrogen and oxygen atoms in total. The van der Waals surface area contributed by atoms with Crippen LogP contribution in [0.4, 0.5) is 0 Å². The van der Waals surface area contributed by atoms with Crippen LogP contribution in [0.1, 0.15) is 26.7 Å². The van der Waals surface area contributed by atoms with Crippen molar-refractivity contribution in [2.75, 3.05) is 32.8 Å². The van der Waals surface area contributed by atoms with E-state index in [4.69, 9.17) is 0 Å². The van der Waals surface area contributed by atoms with Crippen molar-refractivity contribution in [2.45, 2.75) is 32.8 Å². The van der Waals surface area contributed by atoms with Crippen LogP contribution in [0.3, 0.4) is 0 Å². The fourth-order valence-electron chi connectivity index (χ4n) is 4.48. The van der Waals surface area contributed by atoms with E-state index < -0.39 is 0 Å². The van der Waals surface area contributed by atoms with E-state index in [0.717, 1.165) is 32.8 Å². The molecule has 0 radical (unpaired) electrons. The van der Waals surface area contributed by atoms with Crippen LogP contribution >= 0.6 is 0 Å². The fraction of sp³-hybridized carbons (Fsp3) is 1.00. The van der Waals surface area contributed by atoms with Crippen molar-refractivity contribution in [2.24, 2.45) is 10.8 Å². The Morgan fingerprint density at radius 2 is 1.80 bits per heavy atom. The van der Waals surface area contributed by atoms with E-state index in [1.807, 2.05) is 0 Å². The Kier molecular flexibility index (Phi) is 1.99. The molecule has 0 aromatic rings. The first kappa shape index (κ1) is 10.1. The summed E-state index contributed by atoms with van der Waals surface area (Å²) in [6, 6.07) is 0. The molecule has 0 aliphatic carbocycles. The van der Waals surface area contributed by atoms with E-state index in [2.05, 4.69) is 23.6 Å². The van der Waals surface area contributed by atoms with Gasteiger partial charge in [-0.3, -0.25) is 9.80 Å². The van der Waals surface area contributed by atoms with Crippen LogP contribution < -0.4 is 0 Å².